The molecule has 17 heavy (non-hydrogen) atoms. The van der Waals surface area contributed by atoms with E-state index in [1.165, 1.54) is 0 Å². The number of rotatable bonds is 3. The molecule has 5 heteroatoms. The maximum absolute atomic E-state index is 11.8. The summed E-state index contributed by atoms with van der Waals surface area (Å²) in [5, 5.41) is 5.95. The molecule has 2 N–H and O–H groups in total. The first-order valence-electron chi connectivity index (χ1n) is 5.87. The van der Waals surface area contributed by atoms with E-state index < -0.39 is 0 Å². The highest BCUT2D eigenvalue weighted by atomic mass is 16.2. The van der Waals surface area contributed by atoms with Crippen LogP contribution in [0.15, 0.2) is 24.4 Å². The molecule has 1 atom stereocenters. The Morgan fingerprint density at radius 3 is 3.24 bits per heavy atom. The van der Waals surface area contributed by atoms with Crippen molar-refractivity contribution in [2.24, 2.45) is 0 Å². The Morgan fingerprint density at radius 1 is 1.65 bits per heavy atom. The van der Waals surface area contributed by atoms with Gasteiger partial charge in [-0.3, -0.25) is 14.7 Å². The normalized spacial score (nSPS) is 21.1. The number of carbonyl (C=O) groups excluding carboxylic acids is 1. The molecule has 2 rings (SSSR count). The maximum atomic E-state index is 11.8. The standard InChI is InChI=1S/C12H18N4O/c1-13-12(17)11-8-14-6-7-16(11)9-10-4-2-3-5-15-10/h2-5,11,14H,6-9H2,1H3,(H,13,17). The van der Waals surface area contributed by atoms with E-state index >= 15 is 0 Å². The van der Waals surface area contributed by atoms with E-state index in [0.29, 0.717) is 6.54 Å². The van der Waals surface area contributed by atoms with Gasteiger partial charge in [0.05, 0.1) is 5.69 Å². The third-order valence-corrected chi connectivity index (χ3v) is 2.99. The number of nitrogens with zero attached hydrogens (tertiary/aromatic N) is 2. The Balaban J connectivity index is 2.04. The highest BCUT2D eigenvalue weighted by Gasteiger charge is 2.27. The molecule has 1 saturated heterocycles. The monoisotopic (exact) mass is 234 g/mol. The van der Waals surface area contributed by atoms with Gasteiger partial charge in [-0.1, -0.05) is 6.07 Å². The van der Waals surface area contributed by atoms with Crippen molar-refractivity contribution in [2.45, 2.75) is 12.6 Å². The average Bonchev–Trinajstić information content (AvgIpc) is 2.40. The molecule has 0 aliphatic carbocycles. The zero-order valence-corrected chi connectivity index (χ0v) is 10.0. The summed E-state index contributed by atoms with van der Waals surface area (Å²) in [7, 11) is 1.68. The molecule has 5 nitrogen and oxygen atoms in total. The van der Waals surface area contributed by atoms with Gasteiger partial charge in [-0.2, -0.15) is 0 Å². The number of amides is 1. The minimum atomic E-state index is -0.101. The summed E-state index contributed by atoms with van der Waals surface area (Å²) in [5.74, 6) is 0.0631. The fourth-order valence-electron chi connectivity index (χ4n) is 2.06. The highest BCUT2D eigenvalue weighted by Crippen LogP contribution is 2.08. The van der Waals surface area contributed by atoms with E-state index in [1.807, 2.05) is 18.2 Å². The van der Waals surface area contributed by atoms with Crippen LogP contribution in [0.5, 0.6) is 0 Å². The van der Waals surface area contributed by atoms with Gasteiger partial charge in [0.15, 0.2) is 0 Å². The van der Waals surface area contributed by atoms with Crippen LogP contribution in [0.3, 0.4) is 0 Å². The summed E-state index contributed by atoms with van der Waals surface area (Å²) in [6.45, 7) is 3.21. The van der Waals surface area contributed by atoms with Crippen molar-refractivity contribution in [3.05, 3.63) is 30.1 Å². The number of nitrogens with one attached hydrogen (secondary N) is 2. The topological polar surface area (TPSA) is 57.3 Å². The zero-order valence-electron chi connectivity index (χ0n) is 10.0. The molecule has 1 amide bonds. The molecular weight excluding hydrogens is 216 g/mol. The summed E-state index contributed by atoms with van der Waals surface area (Å²) >= 11 is 0. The minimum absolute atomic E-state index is 0.0631. The molecule has 0 radical (unpaired) electrons. The van der Waals surface area contributed by atoms with Crippen molar-refractivity contribution in [3.63, 3.8) is 0 Å². The largest absolute Gasteiger partial charge is 0.358 e. The summed E-state index contributed by atoms with van der Waals surface area (Å²) in [4.78, 5) is 18.2. The van der Waals surface area contributed by atoms with Crippen molar-refractivity contribution in [2.75, 3.05) is 26.7 Å². The van der Waals surface area contributed by atoms with Gasteiger partial charge in [-0.25, -0.2) is 0 Å². The fraction of sp³-hybridized carbons (Fsp3) is 0.500. The molecule has 1 fully saturated rings. The van der Waals surface area contributed by atoms with Crippen LogP contribution in [0, 0.1) is 0 Å². The zero-order chi connectivity index (χ0) is 12.1. The van der Waals surface area contributed by atoms with Crippen molar-refractivity contribution >= 4 is 5.91 Å². The van der Waals surface area contributed by atoms with Gasteiger partial charge in [0, 0.05) is 39.4 Å². The lowest BCUT2D eigenvalue weighted by Crippen LogP contribution is -2.56. The van der Waals surface area contributed by atoms with E-state index in [4.69, 9.17) is 0 Å². The molecule has 0 saturated carbocycles. The number of pyridine rings is 1. The predicted octanol–water partition coefficient (Wildman–Crippen LogP) is -0.399. The molecule has 1 aliphatic rings. The summed E-state index contributed by atoms with van der Waals surface area (Å²) in [6.07, 6.45) is 1.78. The Kier molecular flexibility index (Phi) is 4.06. The Hall–Kier alpha value is -1.46. The van der Waals surface area contributed by atoms with Crippen molar-refractivity contribution in [1.82, 2.24) is 20.5 Å². The first-order chi connectivity index (χ1) is 8.31. The van der Waals surface area contributed by atoms with E-state index in [-0.39, 0.29) is 11.9 Å². The van der Waals surface area contributed by atoms with Gasteiger partial charge < -0.3 is 10.6 Å². The molecule has 2 heterocycles. The van der Waals surface area contributed by atoms with Crippen LogP contribution in [-0.2, 0) is 11.3 Å². The molecule has 92 valence electrons. The smallest absolute Gasteiger partial charge is 0.238 e. The number of piperazine rings is 1. The van der Waals surface area contributed by atoms with Crippen LogP contribution in [0.1, 0.15) is 5.69 Å². The van der Waals surface area contributed by atoms with Crippen molar-refractivity contribution in [3.8, 4) is 0 Å². The van der Waals surface area contributed by atoms with Gasteiger partial charge >= 0.3 is 0 Å². The number of hydrogen-bond donors (Lipinski definition) is 2. The Morgan fingerprint density at radius 2 is 2.53 bits per heavy atom. The van der Waals surface area contributed by atoms with E-state index in [9.17, 15) is 4.79 Å². The summed E-state index contributed by atoms with van der Waals surface area (Å²) in [6, 6.07) is 5.76. The lowest BCUT2D eigenvalue weighted by Gasteiger charge is -2.34. The van der Waals surface area contributed by atoms with Gasteiger partial charge in [-0.15, -0.1) is 0 Å². The number of carbonyl (C=O) groups is 1. The second-order valence-electron chi connectivity index (χ2n) is 4.13. The van der Waals surface area contributed by atoms with E-state index in [2.05, 4.69) is 20.5 Å². The SMILES string of the molecule is CNC(=O)C1CNCCN1Cc1ccccn1. The summed E-state index contributed by atoms with van der Waals surface area (Å²) < 4.78 is 0. The third kappa shape index (κ3) is 3.01. The lowest BCUT2D eigenvalue weighted by molar-refractivity contribution is -0.126. The van der Waals surface area contributed by atoms with Crippen molar-refractivity contribution in [1.29, 1.82) is 0 Å². The third-order valence-electron chi connectivity index (χ3n) is 2.99. The van der Waals surface area contributed by atoms with Gasteiger partial charge in [0.2, 0.25) is 5.91 Å². The Bertz CT molecular complexity index is 368. The number of hydrogen-bond acceptors (Lipinski definition) is 4. The van der Waals surface area contributed by atoms with Crippen LogP contribution in [0.4, 0.5) is 0 Å². The lowest BCUT2D eigenvalue weighted by atomic mass is 10.1. The molecular formula is C12H18N4O. The molecule has 1 aromatic heterocycles. The van der Waals surface area contributed by atoms with Crippen LogP contribution < -0.4 is 10.6 Å². The molecule has 0 bridgehead atoms. The second kappa shape index (κ2) is 5.75. The van der Waals surface area contributed by atoms with Crippen LogP contribution in [0.2, 0.25) is 0 Å². The minimum Gasteiger partial charge on any atom is -0.358 e. The number of likely N-dealkylation sites (N-methyl/N-ethyl adjacent to an activating group) is 1. The average molecular weight is 234 g/mol. The first-order valence-corrected chi connectivity index (χ1v) is 5.87. The van der Waals surface area contributed by atoms with Crippen LogP contribution >= 0.6 is 0 Å². The van der Waals surface area contributed by atoms with Crippen LogP contribution in [-0.4, -0.2) is 48.5 Å². The van der Waals surface area contributed by atoms with E-state index in [1.54, 1.807) is 13.2 Å². The van der Waals surface area contributed by atoms with Crippen LogP contribution in [0.25, 0.3) is 0 Å². The molecule has 0 spiro atoms. The van der Waals surface area contributed by atoms with Crippen molar-refractivity contribution < 1.29 is 4.79 Å². The Labute approximate surface area is 101 Å². The number of aromatic nitrogens is 1. The van der Waals surface area contributed by atoms with E-state index in [0.717, 1.165) is 25.3 Å². The van der Waals surface area contributed by atoms with Gasteiger partial charge in [-0.05, 0) is 12.1 Å². The van der Waals surface area contributed by atoms with Gasteiger partial charge in [0.25, 0.3) is 0 Å². The maximum Gasteiger partial charge on any atom is 0.238 e. The van der Waals surface area contributed by atoms with Gasteiger partial charge in [0.1, 0.15) is 6.04 Å². The first kappa shape index (κ1) is 12.0. The summed E-state index contributed by atoms with van der Waals surface area (Å²) in [5.41, 5.74) is 1.00. The quantitative estimate of drug-likeness (QED) is 0.747. The molecule has 1 unspecified atom stereocenters. The molecule has 0 aromatic carbocycles. The highest BCUT2D eigenvalue weighted by molar-refractivity contribution is 5.81. The molecule has 1 aromatic rings. The second-order valence-corrected chi connectivity index (χ2v) is 4.13. The molecule has 1 aliphatic heterocycles. The predicted molar refractivity (Wildman–Crippen MR) is 65.4 cm³/mol. The fourth-order valence-corrected chi connectivity index (χ4v) is 2.06.